The first kappa shape index (κ1) is 17.1. The van der Waals surface area contributed by atoms with Gasteiger partial charge in [0.2, 0.25) is 0 Å². The van der Waals surface area contributed by atoms with Gasteiger partial charge in [0.1, 0.15) is 6.04 Å². The van der Waals surface area contributed by atoms with Gasteiger partial charge in [0.25, 0.3) is 11.8 Å². The fraction of sp³-hybridized carbons (Fsp3) is 0.500. The number of hydrogen-bond donors (Lipinski definition) is 0. The van der Waals surface area contributed by atoms with E-state index in [-0.39, 0.29) is 11.8 Å². The fourth-order valence-corrected chi connectivity index (χ4v) is 2.70. The summed E-state index contributed by atoms with van der Waals surface area (Å²) >= 11 is 0. The molecule has 1 unspecified atom stereocenters. The van der Waals surface area contributed by atoms with Crippen LogP contribution in [0, 0.1) is 0 Å². The summed E-state index contributed by atoms with van der Waals surface area (Å²) in [5.74, 6) is 0.608. The molecule has 0 aromatic heterocycles. The molecule has 2 rings (SSSR count). The number of rotatable bonds is 5. The van der Waals surface area contributed by atoms with Crippen molar-refractivity contribution >= 4 is 11.8 Å². The molecule has 1 atom stereocenters. The van der Waals surface area contributed by atoms with Crippen LogP contribution in [-0.2, 0) is 9.63 Å². The zero-order valence-electron chi connectivity index (χ0n) is 13.9. The second kappa shape index (κ2) is 7.32. The Morgan fingerprint density at radius 3 is 2.48 bits per heavy atom. The Labute approximate surface area is 135 Å². The Morgan fingerprint density at radius 2 is 1.87 bits per heavy atom. The third-order valence-electron chi connectivity index (χ3n) is 4.01. The maximum Gasteiger partial charge on any atom is 0.268 e. The van der Waals surface area contributed by atoms with E-state index in [0.29, 0.717) is 30.0 Å². The lowest BCUT2D eigenvalue weighted by molar-refractivity contribution is -0.172. The van der Waals surface area contributed by atoms with Crippen LogP contribution in [0.4, 0.5) is 0 Å². The summed E-state index contributed by atoms with van der Waals surface area (Å²) in [7, 11) is 6.02. The van der Waals surface area contributed by atoms with E-state index in [2.05, 4.69) is 0 Å². The van der Waals surface area contributed by atoms with E-state index < -0.39 is 6.04 Å². The van der Waals surface area contributed by atoms with Crippen molar-refractivity contribution in [1.29, 1.82) is 0 Å². The minimum Gasteiger partial charge on any atom is -0.493 e. The zero-order valence-corrected chi connectivity index (χ0v) is 13.9. The van der Waals surface area contributed by atoms with E-state index in [1.165, 1.54) is 21.3 Å². The maximum atomic E-state index is 12.8. The molecule has 1 aromatic carbocycles. The zero-order chi connectivity index (χ0) is 17.0. The van der Waals surface area contributed by atoms with Crippen molar-refractivity contribution in [3.8, 4) is 11.5 Å². The van der Waals surface area contributed by atoms with E-state index in [1.54, 1.807) is 30.1 Å². The van der Waals surface area contributed by atoms with Crippen LogP contribution in [0.15, 0.2) is 18.2 Å². The molecule has 23 heavy (non-hydrogen) atoms. The van der Waals surface area contributed by atoms with E-state index in [1.807, 2.05) is 0 Å². The third-order valence-corrected chi connectivity index (χ3v) is 4.01. The highest BCUT2D eigenvalue weighted by atomic mass is 16.7. The number of benzene rings is 1. The molecular weight excluding hydrogens is 300 g/mol. The van der Waals surface area contributed by atoms with Gasteiger partial charge in [-0.25, -0.2) is 5.06 Å². The molecule has 126 valence electrons. The molecule has 0 bridgehead atoms. The first-order valence-corrected chi connectivity index (χ1v) is 7.38. The SMILES string of the molecule is COc1ccc(C(=O)N2CCCC2C(=O)N(C)OC)cc1OC. The van der Waals surface area contributed by atoms with Crippen LogP contribution in [0.1, 0.15) is 23.2 Å². The van der Waals surface area contributed by atoms with Gasteiger partial charge in [-0.05, 0) is 31.0 Å². The minimum absolute atomic E-state index is 0.202. The number of ether oxygens (including phenoxy) is 2. The number of amides is 2. The van der Waals surface area contributed by atoms with Gasteiger partial charge in [0, 0.05) is 19.2 Å². The first-order valence-electron chi connectivity index (χ1n) is 7.38. The first-order chi connectivity index (χ1) is 11.0. The molecule has 0 aliphatic carbocycles. The van der Waals surface area contributed by atoms with Crippen LogP contribution in [0.3, 0.4) is 0 Å². The van der Waals surface area contributed by atoms with Crippen LogP contribution in [-0.4, -0.2) is 62.7 Å². The normalized spacial score (nSPS) is 17.0. The van der Waals surface area contributed by atoms with E-state index in [0.717, 1.165) is 11.5 Å². The molecule has 0 N–H and O–H groups in total. The summed E-state index contributed by atoms with van der Waals surface area (Å²) in [4.78, 5) is 31.6. The number of hydroxylamine groups is 2. The lowest BCUT2D eigenvalue weighted by Crippen LogP contribution is -2.46. The van der Waals surface area contributed by atoms with Gasteiger partial charge < -0.3 is 14.4 Å². The molecule has 2 amide bonds. The standard InChI is InChI=1S/C16H22N2O5/c1-17(23-4)16(20)12-6-5-9-18(12)15(19)11-7-8-13(21-2)14(10-11)22-3/h7-8,10,12H,5-6,9H2,1-4H3. The van der Waals surface area contributed by atoms with Gasteiger partial charge in [0.15, 0.2) is 11.5 Å². The number of likely N-dealkylation sites (N-methyl/N-ethyl adjacent to an activating group) is 1. The van der Waals surface area contributed by atoms with Crippen LogP contribution in [0.5, 0.6) is 11.5 Å². The Bertz CT molecular complexity index is 590. The Hall–Kier alpha value is -2.28. The van der Waals surface area contributed by atoms with Gasteiger partial charge in [-0.1, -0.05) is 0 Å². The van der Waals surface area contributed by atoms with Crippen LogP contribution >= 0.6 is 0 Å². The lowest BCUT2D eigenvalue weighted by Gasteiger charge is -2.27. The van der Waals surface area contributed by atoms with Crippen molar-refractivity contribution in [2.45, 2.75) is 18.9 Å². The summed E-state index contributed by atoms with van der Waals surface area (Å²) in [6.45, 7) is 0.543. The summed E-state index contributed by atoms with van der Waals surface area (Å²) in [5.41, 5.74) is 0.461. The molecular formula is C16H22N2O5. The van der Waals surface area contributed by atoms with Crippen molar-refractivity contribution in [3.05, 3.63) is 23.8 Å². The number of nitrogens with zero attached hydrogens (tertiary/aromatic N) is 2. The maximum absolute atomic E-state index is 12.8. The van der Waals surface area contributed by atoms with Gasteiger partial charge in [0.05, 0.1) is 21.3 Å². The molecule has 1 aliphatic rings. The van der Waals surface area contributed by atoms with Crippen molar-refractivity contribution in [3.63, 3.8) is 0 Å². The minimum atomic E-state index is -0.499. The molecule has 7 heteroatoms. The van der Waals surface area contributed by atoms with Crippen molar-refractivity contribution in [2.24, 2.45) is 0 Å². The lowest BCUT2D eigenvalue weighted by atomic mass is 10.1. The largest absolute Gasteiger partial charge is 0.493 e. The number of carbonyl (C=O) groups excluding carboxylic acids is 2. The Balaban J connectivity index is 2.23. The topological polar surface area (TPSA) is 68.3 Å². The van der Waals surface area contributed by atoms with Crippen LogP contribution < -0.4 is 9.47 Å². The molecule has 1 aromatic rings. The van der Waals surface area contributed by atoms with Crippen molar-refractivity contribution < 1.29 is 23.9 Å². The average molecular weight is 322 g/mol. The highest BCUT2D eigenvalue weighted by Crippen LogP contribution is 2.29. The molecule has 1 saturated heterocycles. The van der Waals surface area contributed by atoms with Gasteiger partial charge >= 0.3 is 0 Å². The summed E-state index contributed by atoms with van der Waals surface area (Å²) in [6, 6.07) is 4.48. The van der Waals surface area contributed by atoms with Crippen molar-refractivity contribution in [1.82, 2.24) is 9.96 Å². The fourth-order valence-electron chi connectivity index (χ4n) is 2.70. The monoisotopic (exact) mass is 322 g/mol. The predicted molar refractivity (Wildman–Crippen MR) is 83.4 cm³/mol. The van der Waals surface area contributed by atoms with E-state index >= 15 is 0 Å². The Morgan fingerprint density at radius 1 is 1.17 bits per heavy atom. The average Bonchev–Trinajstić information content (AvgIpc) is 3.08. The number of likely N-dealkylation sites (tertiary alicyclic amines) is 1. The van der Waals surface area contributed by atoms with Gasteiger partial charge in [-0.2, -0.15) is 0 Å². The highest BCUT2D eigenvalue weighted by molar-refractivity contribution is 5.98. The van der Waals surface area contributed by atoms with E-state index in [9.17, 15) is 9.59 Å². The Kier molecular flexibility index (Phi) is 5.44. The number of carbonyl (C=O) groups is 2. The van der Waals surface area contributed by atoms with Gasteiger partial charge in [-0.15, -0.1) is 0 Å². The molecule has 1 aliphatic heterocycles. The van der Waals surface area contributed by atoms with Crippen molar-refractivity contribution in [2.75, 3.05) is 34.9 Å². The summed E-state index contributed by atoms with van der Waals surface area (Å²) < 4.78 is 10.4. The number of methoxy groups -OCH3 is 2. The summed E-state index contributed by atoms with van der Waals surface area (Å²) in [5, 5.41) is 1.16. The smallest absolute Gasteiger partial charge is 0.268 e. The predicted octanol–water partition coefficient (Wildman–Crippen LogP) is 1.33. The second-order valence-electron chi connectivity index (χ2n) is 5.24. The van der Waals surface area contributed by atoms with E-state index in [4.69, 9.17) is 14.3 Å². The quantitative estimate of drug-likeness (QED) is 0.765. The number of hydrogen-bond acceptors (Lipinski definition) is 5. The van der Waals surface area contributed by atoms with Crippen LogP contribution in [0.2, 0.25) is 0 Å². The molecule has 0 radical (unpaired) electrons. The molecule has 7 nitrogen and oxygen atoms in total. The van der Waals surface area contributed by atoms with Crippen LogP contribution in [0.25, 0.3) is 0 Å². The molecule has 0 spiro atoms. The molecule has 0 saturated carbocycles. The highest BCUT2D eigenvalue weighted by Gasteiger charge is 2.36. The second-order valence-corrected chi connectivity index (χ2v) is 5.24. The molecule has 1 fully saturated rings. The van der Waals surface area contributed by atoms with Gasteiger partial charge in [-0.3, -0.25) is 14.4 Å². The molecule has 1 heterocycles. The third kappa shape index (κ3) is 3.39. The summed E-state index contributed by atoms with van der Waals surface area (Å²) in [6.07, 6.45) is 1.42.